The fourth-order valence-electron chi connectivity index (χ4n) is 1.16. The van der Waals surface area contributed by atoms with Crippen molar-refractivity contribution in [1.82, 2.24) is 5.32 Å². The Bertz CT molecular complexity index is 432. The average Bonchev–Trinajstić information content (AvgIpc) is 2.36. The summed E-state index contributed by atoms with van der Waals surface area (Å²) in [6.45, 7) is 4.78. The summed E-state index contributed by atoms with van der Waals surface area (Å²) in [5, 5.41) is 11.5. The SMILES string of the molecule is CSC(C)(C)CNC(=O)c1ccc(C#N)cc1. The van der Waals surface area contributed by atoms with Crippen LogP contribution in [-0.4, -0.2) is 23.5 Å². The van der Waals surface area contributed by atoms with Gasteiger partial charge < -0.3 is 5.32 Å². The zero-order valence-electron chi connectivity index (χ0n) is 10.3. The molecule has 1 amide bonds. The number of nitriles is 1. The number of amides is 1. The number of rotatable bonds is 4. The molecule has 0 radical (unpaired) electrons. The van der Waals surface area contributed by atoms with Crippen molar-refractivity contribution in [3.8, 4) is 6.07 Å². The van der Waals surface area contributed by atoms with Crippen LogP contribution in [0, 0.1) is 11.3 Å². The number of nitrogens with zero attached hydrogens (tertiary/aromatic N) is 1. The van der Waals surface area contributed by atoms with Crippen molar-refractivity contribution in [2.45, 2.75) is 18.6 Å². The van der Waals surface area contributed by atoms with E-state index in [0.29, 0.717) is 17.7 Å². The van der Waals surface area contributed by atoms with Crippen LogP contribution in [0.5, 0.6) is 0 Å². The summed E-state index contributed by atoms with van der Waals surface area (Å²) in [4.78, 5) is 11.8. The molecule has 1 N–H and O–H groups in total. The topological polar surface area (TPSA) is 52.9 Å². The van der Waals surface area contributed by atoms with E-state index in [1.165, 1.54) is 0 Å². The van der Waals surface area contributed by atoms with Gasteiger partial charge in [0.15, 0.2) is 0 Å². The summed E-state index contributed by atoms with van der Waals surface area (Å²) in [6.07, 6.45) is 2.02. The van der Waals surface area contributed by atoms with Crippen molar-refractivity contribution in [2.75, 3.05) is 12.8 Å². The molecule has 0 bridgehead atoms. The van der Waals surface area contributed by atoms with E-state index in [2.05, 4.69) is 19.2 Å². The van der Waals surface area contributed by atoms with Crippen LogP contribution < -0.4 is 5.32 Å². The Hall–Kier alpha value is -1.47. The molecule has 0 aliphatic rings. The van der Waals surface area contributed by atoms with Crippen molar-refractivity contribution in [1.29, 1.82) is 5.26 Å². The molecule has 0 fully saturated rings. The molecule has 0 heterocycles. The molecule has 0 spiro atoms. The Labute approximate surface area is 106 Å². The van der Waals surface area contributed by atoms with E-state index in [9.17, 15) is 4.79 Å². The van der Waals surface area contributed by atoms with Gasteiger partial charge in [-0.3, -0.25) is 4.79 Å². The van der Waals surface area contributed by atoms with E-state index in [-0.39, 0.29) is 10.7 Å². The average molecular weight is 248 g/mol. The molecule has 3 nitrogen and oxygen atoms in total. The molecule has 90 valence electrons. The predicted octanol–water partition coefficient (Wildman–Crippen LogP) is 2.43. The maximum absolute atomic E-state index is 11.8. The lowest BCUT2D eigenvalue weighted by Gasteiger charge is -2.22. The van der Waals surface area contributed by atoms with E-state index in [1.54, 1.807) is 36.0 Å². The van der Waals surface area contributed by atoms with Crippen LogP contribution in [0.3, 0.4) is 0 Å². The summed E-state index contributed by atoms with van der Waals surface area (Å²) in [6, 6.07) is 8.65. The quantitative estimate of drug-likeness (QED) is 0.890. The fraction of sp³-hybridized carbons (Fsp3) is 0.385. The zero-order valence-corrected chi connectivity index (χ0v) is 11.1. The van der Waals surface area contributed by atoms with Gasteiger partial charge in [-0.2, -0.15) is 17.0 Å². The number of carbonyl (C=O) groups excluding carboxylic acids is 1. The second kappa shape index (κ2) is 5.74. The largest absolute Gasteiger partial charge is 0.351 e. The van der Waals surface area contributed by atoms with Gasteiger partial charge in [0, 0.05) is 16.9 Å². The Kier molecular flexibility index (Phi) is 4.59. The maximum Gasteiger partial charge on any atom is 0.251 e. The number of hydrogen-bond donors (Lipinski definition) is 1. The molecule has 0 aliphatic heterocycles. The molecule has 1 rings (SSSR count). The first-order valence-corrected chi connectivity index (χ1v) is 6.54. The van der Waals surface area contributed by atoms with Crippen LogP contribution in [0.2, 0.25) is 0 Å². The van der Waals surface area contributed by atoms with Gasteiger partial charge in [-0.1, -0.05) is 0 Å². The molecular weight excluding hydrogens is 232 g/mol. The standard InChI is InChI=1S/C13H16N2OS/c1-13(2,17-3)9-15-12(16)11-6-4-10(8-14)5-7-11/h4-7H,9H2,1-3H3,(H,15,16). The van der Waals surface area contributed by atoms with Gasteiger partial charge in [0.25, 0.3) is 5.91 Å². The highest BCUT2D eigenvalue weighted by molar-refractivity contribution is 7.99. The van der Waals surface area contributed by atoms with Crippen LogP contribution in [0.15, 0.2) is 24.3 Å². The first kappa shape index (κ1) is 13.6. The van der Waals surface area contributed by atoms with Gasteiger partial charge >= 0.3 is 0 Å². The molecule has 0 saturated carbocycles. The van der Waals surface area contributed by atoms with E-state index in [1.807, 2.05) is 12.3 Å². The Morgan fingerprint density at radius 1 is 1.41 bits per heavy atom. The van der Waals surface area contributed by atoms with Crippen molar-refractivity contribution in [3.05, 3.63) is 35.4 Å². The van der Waals surface area contributed by atoms with Crippen LogP contribution in [-0.2, 0) is 0 Å². The molecule has 1 aromatic carbocycles. The van der Waals surface area contributed by atoms with E-state index in [4.69, 9.17) is 5.26 Å². The van der Waals surface area contributed by atoms with Gasteiger partial charge in [-0.15, -0.1) is 0 Å². The third-order valence-electron chi connectivity index (χ3n) is 2.50. The Balaban J connectivity index is 2.62. The van der Waals surface area contributed by atoms with Gasteiger partial charge in [0.05, 0.1) is 11.6 Å². The van der Waals surface area contributed by atoms with Crippen LogP contribution in [0.1, 0.15) is 29.8 Å². The zero-order chi connectivity index (χ0) is 12.9. The number of carbonyl (C=O) groups is 1. The van der Waals surface area contributed by atoms with Crippen LogP contribution in [0.25, 0.3) is 0 Å². The monoisotopic (exact) mass is 248 g/mol. The molecule has 0 atom stereocenters. The highest BCUT2D eigenvalue weighted by atomic mass is 32.2. The van der Waals surface area contributed by atoms with Gasteiger partial charge in [-0.25, -0.2) is 0 Å². The first-order chi connectivity index (χ1) is 7.98. The molecule has 4 heteroatoms. The lowest BCUT2D eigenvalue weighted by Crippen LogP contribution is -2.36. The third kappa shape index (κ3) is 4.12. The molecule has 0 aromatic heterocycles. The van der Waals surface area contributed by atoms with Gasteiger partial charge in [0.1, 0.15) is 0 Å². The molecule has 0 aliphatic carbocycles. The van der Waals surface area contributed by atoms with Gasteiger partial charge in [0.2, 0.25) is 0 Å². The normalized spacial score (nSPS) is 10.7. The van der Waals surface area contributed by atoms with E-state index < -0.39 is 0 Å². The first-order valence-electron chi connectivity index (χ1n) is 5.32. The second-order valence-corrected chi connectivity index (χ2v) is 5.85. The lowest BCUT2D eigenvalue weighted by atomic mass is 10.1. The predicted molar refractivity (Wildman–Crippen MR) is 71.1 cm³/mol. The highest BCUT2D eigenvalue weighted by Crippen LogP contribution is 2.19. The van der Waals surface area contributed by atoms with Gasteiger partial charge in [-0.05, 0) is 44.4 Å². The number of thioether (sulfide) groups is 1. The van der Waals surface area contributed by atoms with Crippen molar-refractivity contribution in [3.63, 3.8) is 0 Å². The van der Waals surface area contributed by atoms with Crippen molar-refractivity contribution >= 4 is 17.7 Å². The Morgan fingerprint density at radius 2 is 2.00 bits per heavy atom. The summed E-state index contributed by atoms with van der Waals surface area (Å²) < 4.78 is 0.0300. The van der Waals surface area contributed by atoms with Crippen molar-refractivity contribution < 1.29 is 4.79 Å². The maximum atomic E-state index is 11.8. The minimum atomic E-state index is -0.100. The number of benzene rings is 1. The Morgan fingerprint density at radius 3 is 2.47 bits per heavy atom. The van der Waals surface area contributed by atoms with Crippen molar-refractivity contribution in [2.24, 2.45) is 0 Å². The fourth-order valence-corrected chi connectivity index (χ4v) is 1.38. The third-order valence-corrected chi connectivity index (χ3v) is 3.75. The summed E-state index contributed by atoms with van der Waals surface area (Å²) in [5.74, 6) is -0.100. The minimum Gasteiger partial charge on any atom is -0.351 e. The summed E-state index contributed by atoms with van der Waals surface area (Å²) in [7, 11) is 0. The lowest BCUT2D eigenvalue weighted by molar-refractivity contribution is 0.0951. The molecule has 0 unspecified atom stereocenters. The molecule has 1 aromatic rings. The molecule has 17 heavy (non-hydrogen) atoms. The van der Waals surface area contributed by atoms with Crippen LogP contribution in [0.4, 0.5) is 0 Å². The van der Waals surface area contributed by atoms with Crippen LogP contribution >= 0.6 is 11.8 Å². The van der Waals surface area contributed by atoms with E-state index in [0.717, 1.165) is 0 Å². The molecular formula is C13H16N2OS. The molecule has 0 saturated heterocycles. The number of hydrogen-bond acceptors (Lipinski definition) is 3. The second-order valence-electron chi connectivity index (χ2n) is 4.34. The summed E-state index contributed by atoms with van der Waals surface area (Å²) in [5.41, 5.74) is 1.15. The smallest absolute Gasteiger partial charge is 0.251 e. The highest BCUT2D eigenvalue weighted by Gasteiger charge is 2.17. The summed E-state index contributed by atoms with van der Waals surface area (Å²) >= 11 is 1.71. The van der Waals surface area contributed by atoms with E-state index >= 15 is 0 Å². The number of nitrogens with one attached hydrogen (secondary N) is 1. The minimum absolute atomic E-state index is 0.0300.